The Labute approximate surface area is 215 Å². The molecule has 0 aliphatic carbocycles. The molecule has 0 amide bonds. The first-order valence-corrected chi connectivity index (χ1v) is 11.5. The highest BCUT2D eigenvalue weighted by molar-refractivity contribution is 5.92. The summed E-state index contributed by atoms with van der Waals surface area (Å²) in [5, 5.41) is 0. The van der Waals surface area contributed by atoms with Gasteiger partial charge in [-0.05, 0) is 55.5 Å². The fourth-order valence-corrected chi connectivity index (χ4v) is 3.71. The van der Waals surface area contributed by atoms with Crippen LogP contribution in [0.1, 0.15) is 32.4 Å². The van der Waals surface area contributed by atoms with Gasteiger partial charge in [-0.25, -0.2) is 19.3 Å². The van der Waals surface area contributed by atoms with Crippen molar-refractivity contribution in [3.63, 3.8) is 0 Å². The van der Waals surface area contributed by atoms with Crippen LogP contribution in [0.2, 0.25) is 0 Å². The molecule has 0 atom stereocenters. The molecular weight excluding hydrogens is 490 g/mol. The normalized spacial score (nSPS) is 11.1. The largest absolute Gasteiger partial charge is 0.457 e. The molecule has 3 heterocycles. The molecule has 0 saturated carbocycles. The first kappa shape index (κ1) is 24.3. The standard InChI is InChI=1S/C28H21N3O7/c1-18-25(26(32)31(30(18)2)20-8-4-3-5-9-20)29-17-19-12-13-21(37-27(33)22-10-6-14-35-22)16-24(19)38-28(34)23-11-7-15-36-23/h3-17H,1-2H3. The Kier molecular flexibility index (Phi) is 6.60. The van der Waals surface area contributed by atoms with Gasteiger partial charge >= 0.3 is 11.9 Å². The fourth-order valence-electron chi connectivity index (χ4n) is 3.71. The summed E-state index contributed by atoms with van der Waals surface area (Å²) < 4.78 is 24.3. The van der Waals surface area contributed by atoms with E-state index in [1.807, 2.05) is 30.3 Å². The second-order valence-electron chi connectivity index (χ2n) is 8.10. The van der Waals surface area contributed by atoms with E-state index in [0.717, 1.165) is 0 Å². The van der Waals surface area contributed by atoms with Crippen molar-refractivity contribution in [3.05, 3.63) is 118 Å². The first-order valence-electron chi connectivity index (χ1n) is 11.5. The number of esters is 2. The van der Waals surface area contributed by atoms with Gasteiger partial charge in [0.15, 0.2) is 5.69 Å². The molecule has 38 heavy (non-hydrogen) atoms. The second kappa shape index (κ2) is 10.3. The molecule has 10 heteroatoms. The predicted octanol–water partition coefficient (Wildman–Crippen LogP) is 4.86. The molecule has 3 aromatic heterocycles. The summed E-state index contributed by atoms with van der Waals surface area (Å²) in [5.74, 6) is -1.35. The number of aromatic nitrogens is 2. The zero-order chi connectivity index (χ0) is 26.6. The van der Waals surface area contributed by atoms with Gasteiger partial charge in [-0.15, -0.1) is 0 Å². The van der Waals surface area contributed by atoms with Crippen LogP contribution in [-0.2, 0) is 7.05 Å². The number of nitrogens with zero attached hydrogens (tertiary/aromatic N) is 3. The molecule has 0 saturated heterocycles. The molecule has 0 spiro atoms. The van der Waals surface area contributed by atoms with Crippen molar-refractivity contribution < 1.29 is 27.9 Å². The van der Waals surface area contributed by atoms with Gasteiger partial charge in [0.05, 0.1) is 23.9 Å². The van der Waals surface area contributed by atoms with Gasteiger partial charge in [-0.3, -0.25) is 9.48 Å². The molecule has 0 N–H and O–H groups in total. The van der Waals surface area contributed by atoms with Gasteiger partial charge in [0.2, 0.25) is 11.5 Å². The molecule has 0 aliphatic rings. The van der Waals surface area contributed by atoms with E-state index in [2.05, 4.69) is 4.99 Å². The van der Waals surface area contributed by atoms with Crippen LogP contribution in [0.4, 0.5) is 5.69 Å². The predicted molar refractivity (Wildman–Crippen MR) is 137 cm³/mol. The van der Waals surface area contributed by atoms with Crippen molar-refractivity contribution in [1.29, 1.82) is 0 Å². The van der Waals surface area contributed by atoms with Crippen LogP contribution in [-0.4, -0.2) is 27.5 Å². The Balaban J connectivity index is 1.49. The number of hydrogen-bond donors (Lipinski definition) is 0. The average Bonchev–Trinajstić information content (AvgIpc) is 3.68. The topological polar surface area (TPSA) is 118 Å². The number of furan rings is 2. The molecule has 0 aliphatic heterocycles. The summed E-state index contributed by atoms with van der Waals surface area (Å²) in [5.41, 5.74) is 1.59. The highest BCUT2D eigenvalue weighted by atomic mass is 16.6. The van der Waals surface area contributed by atoms with Crippen LogP contribution in [0.15, 0.2) is 104 Å². The smallest absolute Gasteiger partial charge is 0.379 e. The van der Waals surface area contributed by atoms with Gasteiger partial charge in [-0.1, -0.05) is 18.2 Å². The minimum atomic E-state index is -0.763. The quantitative estimate of drug-likeness (QED) is 0.174. The van der Waals surface area contributed by atoms with Gasteiger partial charge in [0, 0.05) is 24.9 Å². The summed E-state index contributed by atoms with van der Waals surface area (Å²) in [6.07, 6.45) is 4.10. The third-order valence-electron chi connectivity index (χ3n) is 5.70. The summed E-state index contributed by atoms with van der Waals surface area (Å²) in [7, 11) is 1.77. The maximum absolute atomic E-state index is 13.2. The number of benzene rings is 2. The number of carbonyl (C=O) groups excluding carboxylic acids is 2. The SMILES string of the molecule is Cc1c(N=Cc2ccc(OC(=O)c3ccco3)cc2OC(=O)c2ccco2)c(=O)n(-c2ccccc2)n1C. The van der Waals surface area contributed by atoms with Crippen molar-refractivity contribution in [2.24, 2.45) is 12.0 Å². The number of carbonyl (C=O) groups is 2. The molecule has 0 fully saturated rings. The van der Waals surface area contributed by atoms with Gasteiger partial charge < -0.3 is 18.3 Å². The Morgan fingerprint density at radius 1 is 0.868 bits per heavy atom. The monoisotopic (exact) mass is 511 g/mol. The number of rotatable bonds is 7. The Morgan fingerprint density at radius 3 is 2.16 bits per heavy atom. The molecule has 0 unspecified atom stereocenters. The lowest BCUT2D eigenvalue weighted by Crippen LogP contribution is -2.19. The lowest BCUT2D eigenvalue weighted by Gasteiger charge is -2.09. The van der Waals surface area contributed by atoms with Crippen LogP contribution >= 0.6 is 0 Å². The number of aliphatic imine (C=N–C) groups is 1. The summed E-state index contributed by atoms with van der Waals surface area (Å²) in [6.45, 7) is 1.78. The van der Waals surface area contributed by atoms with Gasteiger partial charge in [0.1, 0.15) is 11.5 Å². The lowest BCUT2D eigenvalue weighted by atomic mass is 10.2. The van der Waals surface area contributed by atoms with Crippen molar-refractivity contribution in [1.82, 2.24) is 9.36 Å². The molecule has 10 nitrogen and oxygen atoms in total. The molecule has 2 aromatic carbocycles. The van der Waals surface area contributed by atoms with Crippen molar-refractivity contribution >= 4 is 23.8 Å². The minimum Gasteiger partial charge on any atom is -0.457 e. The molecule has 0 bridgehead atoms. The summed E-state index contributed by atoms with van der Waals surface area (Å²) >= 11 is 0. The average molecular weight is 511 g/mol. The van der Waals surface area contributed by atoms with E-state index in [1.54, 1.807) is 36.9 Å². The summed E-state index contributed by atoms with van der Waals surface area (Å²) in [6, 6.07) is 19.6. The fraction of sp³-hybridized carbons (Fsp3) is 0.0714. The highest BCUT2D eigenvalue weighted by Gasteiger charge is 2.18. The van der Waals surface area contributed by atoms with Crippen LogP contribution < -0.4 is 15.0 Å². The van der Waals surface area contributed by atoms with Crippen molar-refractivity contribution in [2.45, 2.75) is 6.92 Å². The summed E-state index contributed by atoms with van der Waals surface area (Å²) in [4.78, 5) is 42.5. The zero-order valence-corrected chi connectivity index (χ0v) is 20.4. The Hall–Kier alpha value is -5.38. The minimum absolute atomic E-state index is 0.0130. The van der Waals surface area contributed by atoms with Crippen molar-refractivity contribution in [2.75, 3.05) is 0 Å². The van der Waals surface area contributed by atoms with Gasteiger partial charge in [-0.2, -0.15) is 0 Å². The third kappa shape index (κ3) is 4.82. The molecule has 5 rings (SSSR count). The molecule has 190 valence electrons. The molecule has 0 radical (unpaired) electrons. The maximum Gasteiger partial charge on any atom is 0.379 e. The number of hydrogen-bond acceptors (Lipinski definition) is 8. The Bertz CT molecular complexity index is 1680. The van der Waals surface area contributed by atoms with E-state index in [9.17, 15) is 14.4 Å². The van der Waals surface area contributed by atoms with E-state index in [4.69, 9.17) is 18.3 Å². The number of para-hydroxylation sites is 1. The maximum atomic E-state index is 13.2. The lowest BCUT2D eigenvalue weighted by molar-refractivity contribution is 0.0698. The molecule has 5 aromatic rings. The van der Waals surface area contributed by atoms with E-state index < -0.39 is 11.9 Å². The third-order valence-corrected chi connectivity index (χ3v) is 5.70. The van der Waals surface area contributed by atoms with Crippen LogP contribution in [0.3, 0.4) is 0 Å². The second-order valence-corrected chi connectivity index (χ2v) is 8.10. The molecular formula is C28H21N3O7. The van der Waals surface area contributed by atoms with Crippen LogP contribution in [0.25, 0.3) is 5.69 Å². The Morgan fingerprint density at radius 2 is 1.53 bits per heavy atom. The van der Waals surface area contributed by atoms with E-state index in [-0.39, 0.29) is 34.3 Å². The van der Waals surface area contributed by atoms with Crippen LogP contribution in [0.5, 0.6) is 11.5 Å². The van der Waals surface area contributed by atoms with Crippen molar-refractivity contribution in [3.8, 4) is 17.2 Å². The van der Waals surface area contributed by atoms with E-state index in [1.165, 1.54) is 47.7 Å². The first-order chi connectivity index (χ1) is 18.4. The van der Waals surface area contributed by atoms with E-state index >= 15 is 0 Å². The number of ether oxygens (including phenoxy) is 2. The van der Waals surface area contributed by atoms with E-state index in [0.29, 0.717) is 16.9 Å². The van der Waals surface area contributed by atoms with Crippen LogP contribution in [0, 0.1) is 6.92 Å². The van der Waals surface area contributed by atoms with Gasteiger partial charge in [0.25, 0.3) is 5.56 Å². The highest BCUT2D eigenvalue weighted by Crippen LogP contribution is 2.27. The zero-order valence-electron chi connectivity index (χ0n) is 20.4.